The molecular formula is C26H32O11. The Morgan fingerprint density at radius 3 is 2.62 bits per heavy atom. The summed E-state index contributed by atoms with van der Waals surface area (Å²) in [5, 5.41) is 10.9. The van der Waals surface area contributed by atoms with E-state index < -0.39 is 71.3 Å². The molecule has 0 amide bonds. The lowest BCUT2D eigenvalue weighted by atomic mass is 9.52. The molecule has 11 nitrogen and oxygen atoms in total. The molecule has 5 unspecified atom stereocenters. The van der Waals surface area contributed by atoms with Crippen LogP contribution in [0.1, 0.15) is 50.4 Å². The van der Waals surface area contributed by atoms with Gasteiger partial charge in [0.15, 0.2) is 11.9 Å². The smallest absolute Gasteiger partial charge is 0.338 e. The van der Waals surface area contributed by atoms with Crippen molar-refractivity contribution in [3.05, 3.63) is 24.2 Å². The molecule has 1 aliphatic carbocycles. The van der Waals surface area contributed by atoms with Crippen molar-refractivity contribution in [3.63, 3.8) is 0 Å². The van der Waals surface area contributed by atoms with Crippen LogP contribution in [0.15, 0.2) is 23.0 Å². The van der Waals surface area contributed by atoms with E-state index in [1.54, 1.807) is 13.0 Å². The zero-order chi connectivity index (χ0) is 26.7. The molecule has 4 fully saturated rings. The van der Waals surface area contributed by atoms with Gasteiger partial charge in [0.1, 0.15) is 30.2 Å². The number of cyclic esters (lactones) is 1. The van der Waals surface area contributed by atoms with Crippen molar-refractivity contribution in [2.45, 2.75) is 76.2 Å². The van der Waals surface area contributed by atoms with Crippen molar-refractivity contribution in [1.82, 2.24) is 0 Å². The van der Waals surface area contributed by atoms with Gasteiger partial charge < -0.3 is 33.2 Å². The fourth-order valence-electron chi connectivity index (χ4n) is 7.19. The van der Waals surface area contributed by atoms with E-state index >= 15 is 0 Å². The fourth-order valence-corrected chi connectivity index (χ4v) is 7.19. The maximum absolute atomic E-state index is 13.7. The third-order valence-corrected chi connectivity index (χ3v) is 8.92. The maximum atomic E-state index is 13.7. The normalized spacial score (nSPS) is 41.4. The van der Waals surface area contributed by atoms with Gasteiger partial charge in [-0.15, -0.1) is 0 Å². The Balaban J connectivity index is 1.59. The van der Waals surface area contributed by atoms with Crippen molar-refractivity contribution in [3.8, 4) is 0 Å². The molecular weight excluding hydrogens is 488 g/mol. The minimum atomic E-state index is -1.30. The molecule has 1 aromatic rings. The van der Waals surface area contributed by atoms with E-state index in [9.17, 15) is 24.3 Å². The van der Waals surface area contributed by atoms with Crippen LogP contribution in [-0.2, 0) is 38.1 Å². The molecule has 0 bridgehead atoms. The van der Waals surface area contributed by atoms with Crippen LogP contribution in [-0.4, -0.2) is 78.6 Å². The molecule has 3 aliphatic heterocycles. The molecule has 202 valence electrons. The Bertz CT molecular complexity index is 1070. The Hall–Kier alpha value is -2.76. The number of aliphatic hydroxyl groups is 1. The highest BCUT2D eigenvalue weighted by molar-refractivity contribution is 6.00. The van der Waals surface area contributed by atoms with Crippen LogP contribution < -0.4 is 0 Å². The number of ether oxygens (including phenoxy) is 5. The van der Waals surface area contributed by atoms with E-state index in [0.29, 0.717) is 18.4 Å². The predicted octanol–water partition coefficient (Wildman–Crippen LogP) is 1.45. The van der Waals surface area contributed by atoms with Gasteiger partial charge in [0, 0.05) is 12.3 Å². The number of carbonyl (C=O) groups excluding carboxylic acids is 4. The molecule has 1 saturated carbocycles. The first-order valence-electron chi connectivity index (χ1n) is 12.5. The largest absolute Gasteiger partial charge is 0.472 e. The lowest BCUT2D eigenvalue weighted by Crippen LogP contribution is -2.63. The standard InChI is InChI=1S/C26H32O11/c1-12-19(17(28)9-18(29)35-12)21(36-13(2)27)22-25(3)15(11-34-22)5-6-16(20(30)14-7-8-33-10-14)26(25)23(37-26)24(31)32-4/h7-8,10,12,15-17,19,21-23,28H,5-6,9,11H2,1-4H3/t12-,15?,16-,17?,19?,21?,22+,23+,25?,26-/m0/s1. The van der Waals surface area contributed by atoms with Gasteiger partial charge in [-0.2, -0.15) is 0 Å². The second kappa shape index (κ2) is 9.21. The molecule has 0 aromatic carbocycles. The topological polar surface area (TPSA) is 151 Å². The number of ketones is 1. The number of esters is 3. The Kier molecular flexibility index (Phi) is 6.44. The summed E-state index contributed by atoms with van der Waals surface area (Å²) in [4.78, 5) is 50.7. The fraction of sp³-hybridized carbons (Fsp3) is 0.692. The number of furan rings is 1. The lowest BCUT2D eigenvalue weighted by molar-refractivity contribution is -0.200. The van der Waals surface area contributed by atoms with E-state index in [4.69, 9.17) is 28.1 Å². The summed E-state index contributed by atoms with van der Waals surface area (Å²) in [7, 11) is 1.26. The maximum Gasteiger partial charge on any atom is 0.338 e. The summed E-state index contributed by atoms with van der Waals surface area (Å²) in [6.45, 7) is 5.04. The second-order valence-electron chi connectivity index (χ2n) is 10.7. The number of Topliss-reactive ketones (excluding diaryl/α,β-unsaturated/α-hetero) is 1. The third kappa shape index (κ3) is 3.81. The summed E-state index contributed by atoms with van der Waals surface area (Å²) >= 11 is 0. The van der Waals surface area contributed by atoms with Crippen molar-refractivity contribution >= 4 is 23.7 Å². The minimum absolute atomic E-state index is 0.141. The summed E-state index contributed by atoms with van der Waals surface area (Å²) in [5.74, 6) is -3.64. The highest BCUT2D eigenvalue weighted by Crippen LogP contribution is 2.68. The first-order valence-corrected chi connectivity index (χ1v) is 12.5. The molecule has 1 spiro atoms. The summed E-state index contributed by atoms with van der Waals surface area (Å²) in [5.41, 5.74) is -1.92. The minimum Gasteiger partial charge on any atom is -0.472 e. The van der Waals surface area contributed by atoms with Crippen LogP contribution in [0, 0.1) is 23.2 Å². The van der Waals surface area contributed by atoms with Gasteiger partial charge in [-0.1, -0.05) is 6.92 Å². The number of aliphatic hydroxyl groups excluding tert-OH is 1. The summed E-state index contributed by atoms with van der Waals surface area (Å²) in [6.07, 6.45) is -1.28. The van der Waals surface area contributed by atoms with Gasteiger partial charge in [-0.3, -0.25) is 14.4 Å². The summed E-state index contributed by atoms with van der Waals surface area (Å²) in [6, 6.07) is 1.57. The first-order chi connectivity index (χ1) is 17.6. The number of fused-ring (bicyclic) bond motifs is 2. The average Bonchev–Trinajstić information content (AvgIpc) is 3.17. The first kappa shape index (κ1) is 25.9. The molecule has 3 saturated heterocycles. The van der Waals surface area contributed by atoms with Crippen LogP contribution in [0.4, 0.5) is 0 Å². The van der Waals surface area contributed by atoms with Gasteiger partial charge in [0.05, 0.1) is 49.9 Å². The van der Waals surface area contributed by atoms with E-state index in [1.165, 1.54) is 26.6 Å². The van der Waals surface area contributed by atoms with Gasteiger partial charge in [0.2, 0.25) is 0 Å². The summed E-state index contributed by atoms with van der Waals surface area (Å²) < 4.78 is 33.8. The molecule has 5 rings (SSSR count). The van der Waals surface area contributed by atoms with Crippen molar-refractivity contribution in [2.75, 3.05) is 13.7 Å². The zero-order valence-electron chi connectivity index (χ0n) is 21.2. The van der Waals surface area contributed by atoms with Crippen molar-refractivity contribution < 1.29 is 52.4 Å². The van der Waals surface area contributed by atoms with Crippen LogP contribution in [0.25, 0.3) is 0 Å². The SMILES string of the molecule is COC(=O)[C@H]1O[C@@]12[C@H](C(=O)c1ccoc1)CCC1CO[C@H](C(OC(C)=O)C3C(O)CC(=O)O[C@H]3C)C12C. The Morgan fingerprint density at radius 1 is 1.24 bits per heavy atom. The molecule has 4 heterocycles. The molecule has 0 radical (unpaired) electrons. The van der Waals surface area contributed by atoms with Gasteiger partial charge in [-0.05, 0) is 31.7 Å². The van der Waals surface area contributed by atoms with Crippen LogP contribution in [0.5, 0.6) is 0 Å². The third-order valence-electron chi connectivity index (χ3n) is 8.92. The van der Waals surface area contributed by atoms with Gasteiger partial charge >= 0.3 is 17.9 Å². The number of hydrogen-bond acceptors (Lipinski definition) is 11. The Labute approximate surface area is 213 Å². The monoisotopic (exact) mass is 520 g/mol. The molecule has 11 heteroatoms. The van der Waals surface area contributed by atoms with E-state index in [1.807, 2.05) is 6.92 Å². The second-order valence-corrected chi connectivity index (χ2v) is 10.7. The van der Waals surface area contributed by atoms with E-state index in [-0.39, 0.29) is 24.7 Å². The van der Waals surface area contributed by atoms with Gasteiger partial charge in [-0.25, -0.2) is 4.79 Å². The number of hydrogen-bond donors (Lipinski definition) is 1. The molecule has 10 atom stereocenters. The van der Waals surface area contributed by atoms with E-state index in [2.05, 4.69) is 0 Å². The van der Waals surface area contributed by atoms with Crippen LogP contribution >= 0.6 is 0 Å². The predicted molar refractivity (Wildman–Crippen MR) is 122 cm³/mol. The van der Waals surface area contributed by atoms with Crippen molar-refractivity contribution in [1.29, 1.82) is 0 Å². The van der Waals surface area contributed by atoms with Crippen LogP contribution in [0.2, 0.25) is 0 Å². The highest BCUT2D eigenvalue weighted by Gasteiger charge is 2.82. The molecule has 1 N–H and O–H groups in total. The number of rotatable bonds is 6. The molecule has 1 aromatic heterocycles. The average molecular weight is 521 g/mol. The quantitative estimate of drug-likeness (QED) is 0.251. The lowest BCUT2D eigenvalue weighted by Gasteiger charge is -2.50. The molecule has 37 heavy (non-hydrogen) atoms. The highest BCUT2D eigenvalue weighted by atomic mass is 16.7. The van der Waals surface area contributed by atoms with Crippen molar-refractivity contribution in [2.24, 2.45) is 23.2 Å². The van der Waals surface area contributed by atoms with E-state index in [0.717, 1.165) is 0 Å². The zero-order valence-corrected chi connectivity index (χ0v) is 21.2. The number of methoxy groups -OCH3 is 1. The number of epoxide rings is 1. The number of carbonyl (C=O) groups is 4. The van der Waals surface area contributed by atoms with Gasteiger partial charge in [0.25, 0.3) is 0 Å². The van der Waals surface area contributed by atoms with Crippen LogP contribution in [0.3, 0.4) is 0 Å². The molecule has 4 aliphatic rings. The Morgan fingerprint density at radius 2 is 2.00 bits per heavy atom.